The molecule has 8 nitrogen and oxygen atoms in total. The summed E-state index contributed by atoms with van der Waals surface area (Å²) in [6.07, 6.45) is -1.20. The fraction of sp³-hybridized carbons (Fsp3) is 0.333. The predicted molar refractivity (Wildman–Crippen MR) is 120 cm³/mol. The smallest absolute Gasteiger partial charge is 0.406 e. The quantitative estimate of drug-likeness (QED) is 0.669. The van der Waals surface area contributed by atoms with Crippen molar-refractivity contribution in [1.82, 2.24) is 20.0 Å². The Morgan fingerprint density at radius 1 is 1.14 bits per heavy atom. The van der Waals surface area contributed by atoms with Crippen molar-refractivity contribution in [3.8, 4) is 17.0 Å². The van der Waals surface area contributed by atoms with Crippen molar-refractivity contribution < 1.29 is 27.5 Å². The molecule has 1 saturated carbocycles. The highest BCUT2D eigenvalue weighted by Crippen LogP contribution is 2.42. The Morgan fingerprint density at radius 3 is 2.51 bits per heavy atom. The first-order valence-corrected chi connectivity index (χ1v) is 11.2. The lowest BCUT2D eigenvalue weighted by Crippen LogP contribution is -2.39. The zero-order valence-corrected chi connectivity index (χ0v) is 18.6. The molecule has 0 atom stereocenters. The Morgan fingerprint density at radius 2 is 1.89 bits per heavy atom. The zero-order valence-electron chi connectivity index (χ0n) is 18.6. The van der Waals surface area contributed by atoms with E-state index in [0.29, 0.717) is 23.5 Å². The number of rotatable bonds is 6. The van der Waals surface area contributed by atoms with Crippen LogP contribution in [0, 0.1) is 0 Å². The molecule has 0 bridgehead atoms. The summed E-state index contributed by atoms with van der Waals surface area (Å²) in [6, 6.07) is 8.61. The molecule has 1 aromatic heterocycles. The van der Waals surface area contributed by atoms with Gasteiger partial charge >= 0.3 is 6.36 Å². The molecule has 182 valence electrons. The summed E-state index contributed by atoms with van der Waals surface area (Å²) in [5.74, 6) is -0.518. The standard InChI is InChI=1S/C24H22F3N5O3/c1-14-18-3-2-12-31(22(18)23(34)32(14)16-6-7-16)13-21(33)28-20-11-10-19(29-30-20)15-4-8-17(9-5-15)35-24(25,26)27/h4-5,8-11,16H,1-3,6-7,12-13H2,(H,28,30,33). The first kappa shape index (κ1) is 22.9. The van der Waals surface area contributed by atoms with E-state index in [0.717, 1.165) is 37.0 Å². The number of ether oxygens (including phenoxy) is 1. The molecule has 0 saturated heterocycles. The summed E-state index contributed by atoms with van der Waals surface area (Å²) >= 11 is 0. The topological polar surface area (TPSA) is 87.7 Å². The van der Waals surface area contributed by atoms with Crippen LogP contribution in [0.4, 0.5) is 19.0 Å². The maximum Gasteiger partial charge on any atom is 0.573 e. The zero-order chi connectivity index (χ0) is 24.7. The number of benzene rings is 1. The summed E-state index contributed by atoms with van der Waals surface area (Å²) < 4.78 is 40.8. The molecular weight excluding hydrogens is 463 g/mol. The molecule has 0 unspecified atom stereocenters. The molecule has 3 heterocycles. The van der Waals surface area contributed by atoms with Gasteiger partial charge in [-0.3, -0.25) is 9.59 Å². The lowest BCUT2D eigenvalue weighted by atomic mass is 10.0. The minimum absolute atomic E-state index is 0.000455. The summed E-state index contributed by atoms with van der Waals surface area (Å²) in [5, 5.41) is 10.7. The third-order valence-corrected chi connectivity index (χ3v) is 6.08. The molecule has 2 amide bonds. The maximum absolute atomic E-state index is 13.0. The van der Waals surface area contributed by atoms with Crippen LogP contribution in [0.2, 0.25) is 0 Å². The Kier molecular flexibility index (Phi) is 5.70. The van der Waals surface area contributed by atoms with E-state index >= 15 is 0 Å². The van der Waals surface area contributed by atoms with Crippen molar-refractivity contribution in [1.29, 1.82) is 0 Å². The van der Waals surface area contributed by atoms with Crippen LogP contribution in [0.1, 0.15) is 25.7 Å². The van der Waals surface area contributed by atoms with Gasteiger partial charge in [0.05, 0.1) is 12.2 Å². The Bertz CT molecular complexity index is 1200. The minimum Gasteiger partial charge on any atom is -0.406 e. The van der Waals surface area contributed by atoms with Crippen LogP contribution < -0.4 is 10.1 Å². The number of allylic oxidation sites excluding steroid dienone is 1. The van der Waals surface area contributed by atoms with Crippen molar-refractivity contribution in [3.63, 3.8) is 0 Å². The third kappa shape index (κ3) is 4.84. The number of nitrogens with one attached hydrogen (secondary N) is 1. The van der Waals surface area contributed by atoms with E-state index < -0.39 is 6.36 Å². The number of alkyl halides is 3. The van der Waals surface area contributed by atoms with E-state index in [2.05, 4.69) is 26.8 Å². The largest absolute Gasteiger partial charge is 0.573 e. The summed E-state index contributed by atoms with van der Waals surface area (Å²) in [6.45, 7) is 4.71. The number of carbonyl (C=O) groups excluding carboxylic acids is 2. The van der Waals surface area contributed by atoms with Gasteiger partial charge in [0.15, 0.2) is 5.82 Å². The molecule has 3 aliphatic rings. The van der Waals surface area contributed by atoms with Crippen LogP contribution in [-0.2, 0) is 9.59 Å². The van der Waals surface area contributed by atoms with Crippen molar-refractivity contribution in [2.24, 2.45) is 0 Å². The molecule has 11 heteroatoms. The van der Waals surface area contributed by atoms with E-state index in [-0.39, 0.29) is 36.0 Å². The summed E-state index contributed by atoms with van der Waals surface area (Å²) in [5.41, 5.74) is 3.22. The molecule has 35 heavy (non-hydrogen) atoms. The van der Waals surface area contributed by atoms with Crippen molar-refractivity contribution in [2.75, 3.05) is 18.4 Å². The molecule has 0 spiro atoms. The summed E-state index contributed by atoms with van der Waals surface area (Å²) in [4.78, 5) is 29.3. The number of amides is 2. The van der Waals surface area contributed by atoms with Crippen LogP contribution in [0.3, 0.4) is 0 Å². The molecule has 0 radical (unpaired) electrons. The highest BCUT2D eigenvalue weighted by atomic mass is 19.4. The van der Waals surface area contributed by atoms with Crippen LogP contribution in [0.15, 0.2) is 59.9 Å². The molecule has 1 aliphatic carbocycles. The second kappa shape index (κ2) is 8.71. The van der Waals surface area contributed by atoms with Gasteiger partial charge in [-0.1, -0.05) is 6.58 Å². The van der Waals surface area contributed by atoms with Crippen LogP contribution >= 0.6 is 0 Å². The molecule has 5 rings (SSSR count). The van der Waals surface area contributed by atoms with Crippen molar-refractivity contribution in [3.05, 3.63) is 59.9 Å². The SMILES string of the molecule is C=C1C2=C(C(=O)N1C1CC1)N(CC(=O)Nc1ccc(-c3ccc(OC(F)(F)F)cc3)nn1)CCC2. The Hall–Kier alpha value is -3.89. The van der Waals surface area contributed by atoms with E-state index in [9.17, 15) is 22.8 Å². The van der Waals surface area contributed by atoms with Gasteiger partial charge in [-0.15, -0.1) is 23.4 Å². The molecule has 2 aliphatic heterocycles. The first-order valence-electron chi connectivity index (χ1n) is 11.2. The second-order valence-corrected chi connectivity index (χ2v) is 8.63. The fourth-order valence-corrected chi connectivity index (χ4v) is 4.41. The number of nitrogens with zero attached hydrogens (tertiary/aromatic N) is 4. The first-order chi connectivity index (χ1) is 16.7. The Balaban J connectivity index is 1.21. The second-order valence-electron chi connectivity index (χ2n) is 8.63. The van der Waals surface area contributed by atoms with Gasteiger partial charge < -0.3 is 19.9 Å². The maximum atomic E-state index is 13.0. The van der Waals surface area contributed by atoms with Crippen LogP contribution in [-0.4, -0.2) is 57.3 Å². The number of halogens is 3. The van der Waals surface area contributed by atoms with Gasteiger partial charge in [-0.2, -0.15) is 0 Å². The van der Waals surface area contributed by atoms with Gasteiger partial charge in [0.2, 0.25) is 5.91 Å². The van der Waals surface area contributed by atoms with Gasteiger partial charge in [0.1, 0.15) is 11.4 Å². The molecule has 1 N–H and O–H groups in total. The van der Waals surface area contributed by atoms with E-state index in [1.807, 2.05) is 0 Å². The van der Waals surface area contributed by atoms with Gasteiger partial charge in [-0.05, 0) is 62.1 Å². The van der Waals surface area contributed by atoms with E-state index in [4.69, 9.17) is 0 Å². The monoisotopic (exact) mass is 485 g/mol. The normalized spacial score (nSPS) is 18.1. The van der Waals surface area contributed by atoms with Crippen LogP contribution in [0.5, 0.6) is 5.75 Å². The predicted octanol–water partition coefficient (Wildman–Crippen LogP) is 3.85. The molecule has 1 aromatic carbocycles. The van der Waals surface area contributed by atoms with Crippen molar-refractivity contribution >= 4 is 17.6 Å². The van der Waals surface area contributed by atoms with E-state index in [1.54, 1.807) is 21.9 Å². The lowest BCUT2D eigenvalue weighted by molar-refractivity contribution is -0.274. The highest BCUT2D eigenvalue weighted by molar-refractivity contribution is 6.01. The minimum atomic E-state index is -4.76. The van der Waals surface area contributed by atoms with Gasteiger partial charge in [-0.25, -0.2) is 0 Å². The molecule has 2 aromatic rings. The molecule has 1 fully saturated rings. The Labute approximate surface area is 199 Å². The fourth-order valence-electron chi connectivity index (χ4n) is 4.41. The average molecular weight is 485 g/mol. The van der Waals surface area contributed by atoms with Crippen molar-refractivity contribution in [2.45, 2.75) is 38.1 Å². The lowest BCUT2D eigenvalue weighted by Gasteiger charge is -2.28. The summed E-state index contributed by atoms with van der Waals surface area (Å²) in [7, 11) is 0. The number of hydrogen-bond acceptors (Lipinski definition) is 6. The van der Waals surface area contributed by atoms with E-state index in [1.165, 1.54) is 24.3 Å². The van der Waals surface area contributed by atoms with Gasteiger partial charge in [0.25, 0.3) is 5.91 Å². The van der Waals surface area contributed by atoms with Gasteiger partial charge in [0, 0.05) is 29.4 Å². The molecular formula is C24H22F3N5O3. The number of anilines is 1. The number of aromatic nitrogens is 2. The number of carbonyl (C=O) groups is 2. The number of hydrogen-bond donors (Lipinski definition) is 1. The average Bonchev–Trinajstić information content (AvgIpc) is 3.60. The highest BCUT2D eigenvalue weighted by Gasteiger charge is 2.45. The van der Waals surface area contributed by atoms with Crippen LogP contribution in [0.25, 0.3) is 11.3 Å². The third-order valence-electron chi connectivity index (χ3n) is 6.08.